The van der Waals surface area contributed by atoms with Crippen molar-refractivity contribution >= 4 is 34.4 Å². The van der Waals surface area contributed by atoms with Crippen LogP contribution in [0.4, 0.5) is 10.5 Å². The van der Waals surface area contributed by atoms with Crippen LogP contribution < -0.4 is 4.90 Å². The summed E-state index contributed by atoms with van der Waals surface area (Å²) in [6, 6.07) is 6.20. The van der Waals surface area contributed by atoms with Crippen LogP contribution in [0.3, 0.4) is 0 Å². The van der Waals surface area contributed by atoms with Crippen molar-refractivity contribution in [2.75, 3.05) is 37.7 Å². The van der Waals surface area contributed by atoms with Crippen LogP contribution in [0.15, 0.2) is 18.2 Å². The Bertz CT molecular complexity index is 501. The van der Waals surface area contributed by atoms with Gasteiger partial charge in [0.15, 0.2) is 0 Å². The summed E-state index contributed by atoms with van der Waals surface area (Å²) in [5.41, 5.74) is 2.25. The normalized spacial score (nSPS) is 18.4. The molecule has 1 aromatic rings. The van der Waals surface area contributed by atoms with Gasteiger partial charge >= 0.3 is 6.09 Å². The lowest BCUT2D eigenvalue weighted by atomic mass is 10.2. The maximum absolute atomic E-state index is 12.2. The van der Waals surface area contributed by atoms with E-state index >= 15 is 0 Å². The molecule has 0 saturated carbocycles. The van der Waals surface area contributed by atoms with Gasteiger partial charge in [0.1, 0.15) is 6.61 Å². The van der Waals surface area contributed by atoms with Gasteiger partial charge in [0.05, 0.1) is 5.69 Å². The lowest BCUT2D eigenvalue weighted by Gasteiger charge is -2.19. The van der Waals surface area contributed by atoms with Crippen molar-refractivity contribution in [1.82, 2.24) is 4.90 Å². The summed E-state index contributed by atoms with van der Waals surface area (Å²) in [6.07, 6.45) is 3.26. The molecule has 20 heavy (non-hydrogen) atoms. The minimum Gasteiger partial charge on any atom is -0.448 e. The molecule has 4 nitrogen and oxygen atoms in total. The number of fused-ring (bicyclic) bond motifs is 1. The molecule has 3 rings (SSSR count). The first-order valence-electron chi connectivity index (χ1n) is 7.19. The molecular weight excluding hydrogens is 367 g/mol. The van der Waals surface area contributed by atoms with Crippen molar-refractivity contribution in [2.24, 2.45) is 0 Å². The summed E-state index contributed by atoms with van der Waals surface area (Å²) in [4.78, 5) is 16.3. The van der Waals surface area contributed by atoms with Gasteiger partial charge in [-0.1, -0.05) is 0 Å². The van der Waals surface area contributed by atoms with E-state index in [1.807, 2.05) is 12.1 Å². The SMILES string of the molecule is O=C(OCCN1CCCC1)N1CCc2cc(I)ccc21. The molecule has 1 aromatic carbocycles. The molecule has 5 heteroatoms. The molecule has 0 spiro atoms. The second kappa shape index (κ2) is 6.30. The Balaban J connectivity index is 1.53. The van der Waals surface area contributed by atoms with E-state index in [-0.39, 0.29) is 6.09 Å². The summed E-state index contributed by atoms with van der Waals surface area (Å²) in [6.45, 7) is 4.37. The van der Waals surface area contributed by atoms with Crippen molar-refractivity contribution in [1.29, 1.82) is 0 Å². The first-order chi connectivity index (χ1) is 9.74. The smallest absolute Gasteiger partial charge is 0.414 e. The van der Waals surface area contributed by atoms with E-state index in [2.05, 4.69) is 33.6 Å². The van der Waals surface area contributed by atoms with Gasteiger partial charge in [-0.15, -0.1) is 0 Å². The maximum Gasteiger partial charge on any atom is 0.414 e. The Kier molecular flexibility index (Phi) is 4.45. The highest BCUT2D eigenvalue weighted by Gasteiger charge is 2.26. The molecule has 0 bridgehead atoms. The van der Waals surface area contributed by atoms with Gasteiger partial charge < -0.3 is 4.74 Å². The van der Waals surface area contributed by atoms with Crippen LogP contribution in [0.25, 0.3) is 0 Å². The van der Waals surface area contributed by atoms with Gasteiger partial charge in [0.25, 0.3) is 0 Å². The van der Waals surface area contributed by atoms with E-state index < -0.39 is 0 Å². The predicted molar refractivity (Wildman–Crippen MR) is 87.2 cm³/mol. The predicted octanol–water partition coefficient (Wildman–Crippen LogP) is 2.89. The number of rotatable bonds is 3. The number of halogens is 1. The Morgan fingerprint density at radius 3 is 2.85 bits per heavy atom. The standard InChI is InChI=1S/C15H19IN2O2/c16-13-3-4-14-12(11-13)5-8-18(14)15(19)20-10-9-17-6-1-2-7-17/h3-4,11H,1-2,5-10H2. The zero-order chi connectivity index (χ0) is 13.9. The Hall–Kier alpha value is -0.820. The van der Waals surface area contributed by atoms with E-state index in [0.29, 0.717) is 6.61 Å². The average Bonchev–Trinajstić information content (AvgIpc) is 3.07. The third kappa shape index (κ3) is 3.09. The molecule has 0 aromatic heterocycles. The molecule has 1 saturated heterocycles. The van der Waals surface area contributed by atoms with Crippen molar-refractivity contribution in [2.45, 2.75) is 19.3 Å². The van der Waals surface area contributed by atoms with Crippen molar-refractivity contribution in [3.8, 4) is 0 Å². The van der Waals surface area contributed by atoms with Crippen molar-refractivity contribution in [3.63, 3.8) is 0 Å². The first-order valence-corrected chi connectivity index (χ1v) is 8.27. The number of carbonyl (C=O) groups is 1. The van der Waals surface area contributed by atoms with Crippen LogP contribution in [-0.4, -0.2) is 43.8 Å². The lowest BCUT2D eigenvalue weighted by Crippen LogP contribution is -2.32. The summed E-state index contributed by atoms with van der Waals surface area (Å²) < 4.78 is 6.63. The molecule has 1 amide bonds. The highest BCUT2D eigenvalue weighted by molar-refractivity contribution is 14.1. The van der Waals surface area contributed by atoms with Crippen molar-refractivity contribution < 1.29 is 9.53 Å². The lowest BCUT2D eigenvalue weighted by molar-refractivity contribution is 0.139. The monoisotopic (exact) mass is 386 g/mol. The number of amides is 1. The Morgan fingerprint density at radius 2 is 2.05 bits per heavy atom. The van der Waals surface area contributed by atoms with Crippen LogP contribution in [0.5, 0.6) is 0 Å². The maximum atomic E-state index is 12.2. The number of nitrogens with zero attached hydrogens (tertiary/aromatic N) is 2. The first kappa shape index (κ1) is 14.1. The zero-order valence-electron chi connectivity index (χ0n) is 11.5. The van der Waals surface area contributed by atoms with E-state index in [0.717, 1.165) is 38.3 Å². The van der Waals surface area contributed by atoms with E-state index in [1.165, 1.54) is 22.0 Å². The molecule has 2 aliphatic heterocycles. The molecule has 0 radical (unpaired) electrons. The summed E-state index contributed by atoms with van der Waals surface area (Å²) in [5.74, 6) is 0. The van der Waals surface area contributed by atoms with E-state index in [9.17, 15) is 4.79 Å². The van der Waals surface area contributed by atoms with Gasteiger partial charge in [0.2, 0.25) is 0 Å². The number of anilines is 1. The Labute approximate surface area is 133 Å². The van der Waals surface area contributed by atoms with E-state index in [4.69, 9.17) is 4.74 Å². The van der Waals surface area contributed by atoms with Crippen LogP contribution in [0.2, 0.25) is 0 Å². The number of carbonyl (C=O) groups excluding carboxylic acids is 1. The number of ether oxygens (including phenoxy) is 1. The van der Waals surface area contributed by atoms with Crippen LogP contribution in [0, 0.1) is 3.57 Å². The molecule has 0 N–H and O–H groups in total. The molecule has 2 heterocycles. The van der Waals surface area contributed by atoms with E-state index in [1.54, 1.807) is 4.90 Å². The van der Waals surface area contributed by atoms with Crippen LogP contribution in [-0.2, 0) is 11.2 Å². The molecule has 0 unspecified atom stereocenters. The fourth-order valence-electron chi connectivity index (χ4n) is 2.91. The largest absolute Gasteiger partial charge is 0.448 e. The minimum atomic E-state index is -0.204. The highest BCUT2D eigenvalue weighted by Crippen LogP contribution is 2.29. The van der Waals surface area contributed by atoms with Gasteiger partial charge in [-0.2, -0.15) is 0 Å². The fourth-order valence-corrected chi connectivity index (χ4v) is 3.46. The highest BCUT2D eigenvalue weighted by atomic mass is 127. The fraction of sp³-hybridized carbons (Fsp3) is 0.533. The van der Waals surface area contributed by atoms with Gasteiger partial charge in [0, 0.05) is 16.7 Å². The average molecular weight is 386 g/mol. The summed E-state index contributed by atoms with van der Waals surface area (Å²) in [7, 11) is 0. The van der Waals surface area contributed by atoms with Gasteiger partial charge in [-0.25, -0.2) is 4.79 Å². The van der Waals surface area contributed by atoms with Gasteiger partial charge in [-0.3, -0.25) is 9.80 Å². The van der Waals surface area contributed by atoms with Gasteiger partial charge in [-0.05, 0) is 78.7 Å². The molecule has 1 fully saturated rings. The minimum absolute atomic E-state index is 0.204. The molecular formula is C15H19IN2O2. The second-order valence-corrected chi connectivity index (χ2v) is 6.58. The molecule has 0 aliphatic carbocycles. The quantitative estimate of drug-likeness (QED) is 0.750. The number of hydrogen-bond acceptors (Lipinski definition) is 3. The topological polar surface area (TPSA) is 32.8 Å². The van der Waals surface area contributed by atoms with Crippen LogP contribution in [0.1, 0.15) is 18.4 Å². The number of benzene rings is 1. The second-order valence-electron chi connectivity index (χ2n) is 5.34. The Morgan fingerprint density at radius 1 is 1.25 bits per heavy atom. The van der Waals surface area contributed by atoms with Crippen molar-refractivity contribution in [3.05, 3.63) is 27.3 Å². The number of hydrogen-bond donors (Lipinski definition) is 0. The van der Waals surface area contributed by atoms with Crippen LogP contribution >= 0.6 is 22.6 Å². The molecule has 108 valence electrons. The molecule has 2 aliphatic rings. The number of likely N-dealkylation sites (tertiary alicyclic amines) is 1. The third-order valence-corrected chi connectivity index (χ3v) is 4.66. The third-order valence-electron chi connectivity index (χ3n) is 3.99. The summed E-state index contributed by atoms with van der Waals surface area (Å²) in [5, 5.41) is 0. The zero-order valence-corrected chi connectivity index (χ0v) is 13.6. The molecule has 0 atom stereocenters. The summed E-state index contributed by atoms with van der Waals surface area (Å²) >= 11 is 2.30.